The van der Waals surface area contributed by atoms with Gasteiger partial charge in [-0.2, -0.15) is 5.10 Å². The molecule has 1 aliphatic heterocycles. The van der Waals surface area contributed by atoms with Gasteiger partial charge in [-0.15, -0.1) is 11.3 Å². The molecule has 6 nitrogen and oxygen atoms in total. The highest BCUT2D eigenvalue weighted by Crippen LogP contribution is 2.37. The first-order chi connectivity index (χ1) is 19.2. The number of halogens is 1. The van der Waals surface area contributed by atoms with Gasteiger partial charge < -0.3 is 9.64 Å². The Bertz CT molecular complexity index is 1300. The number of piperazine rings is 1. The van der Waals surface area contributed by atoms with Crippen LogP contribution in [0.5, 0.6) is 5.75 Å². The second kappa shape index (κ2) is 12.7. The molecular weight excluding hydrogens is 509 g/mol. The van der Waals surface area contributed by atoms with E-state index in [2.05, 4.69) is 39.3 Å². The number of fused-ring (bicyclic) bond motifs is 1. The van der Waals surface area contributed by atoms with Gasteiger partial charge in [-0.3, -0.25) is 9.58 Å². The monoisotopic (exact) mass is 549 g/mol. The van der Waals surface area contributed by atoms with Crippen LogP contribution in [0.15, 0.2) is 48.6 Å². The Hall–Kier alpha value is -2.55. The first-order valence-electron chi connectivity index (χ1n) is 14.8. The van der Waals surface area contributed by atoms with Crippen LogP contribution in [0.3, 0.4) is 0 Å². The highest BCUT2D eigenvalue weighted by Gasteiger charge is 2.20. The molecular formula is C31H40FN5OS. The zero-order chi connectivity index (χ0) is 26.4. The molecule has 0 unspecified atom stereocenters. The van der Waals surface area contributed by atoms with E-state index in [1.807, 2.05) is 28.3 Å². The van der Waals surface area contributed by atoms with E-state index in [0.29, 0.717) is 12.3 Å². The van der Waals surface area contributed by atoms with Crippen molar-refractivity contribution in [3.63, 3.8) is 0 Å². The van der Waals surface area contributed by atoms with Gasteiger partial charge in [0, 0.05) is 69.4 Å². The molecule has 1 saturated carbocycles. The number of rotatable bonds is 10. The normalized spacial score (nSPS) is 19.8. The first kappa shape index (κ1) is 26.7. The lowest BCUT2D eigenvalue weighted by Crippen LogP contribution is -2.47. The average Bonchev–Trinajstić information content (AvgIpc) is 3.63. The van der Waals surface area contributed by atoms with E-state index >= 15 is 0 Å². The Labute approximate surface area is 235 Å². The SMILES string of the molecule is FC1=CC=C(c2cnn(CCN3CCN(CCCOc4ccc5sc(C6CCCCC6)nc5c4)CC3)c2)CC1. The van der Waals surface area contributed by atoms with Crippen molar-refractivity contribution in [3.05, 3.63) is 59.1 Å². The standard InChI is InChI=1S/C31H40FN5OS/c32-27-9-7-24(8-10-27)26-22-33-37(23-26)19-18-36-16-14-35(15-17-36)13-4-20-38-28-11-12-30-29(21-28)34-31(39-30)25-5-2-1-3-6-25/h7,9,11-12,21-23,25H,1-6,8,10,13-20H2. The van der Waals surface area contributed by atoms with Crippen molar-refractivity contribution in [2.45, 2.75) is 63.8 Å². The van der Waals surface area contributed by atoms with Crippen molar-refractivity contribution >= 4 is 27.1 Å². The summed E-state index contributed by atoms with van der Waals surface area (Å²) in [6, 6.07) is 6.42. The lowest BCUT2D eigenvalue weighted by atomic mass is 9.90. The highest BCUT2D eigenvalue weighted by molar-refractivity contribution is 7.18. The summed E-state index contributed by atoms with van der Waals surface area (Å²) >= 11 is 1.87. The quantitative estimate of drug-likeness (QED) is 0.265. The van der Waals surface area contributed by atoms with E-state index in [-0.39, 0.29) is 5.83 Å². The largest absolute Gasteiger partial charge is 0.493 e. The molecule has 2 aliphatic carbocycles. The maximum atomic E-state index is 13.3. The maximum Gasteiger partial charge on any atom is 0.121 e. The van der Waals surface area contributed by atoms with Gasteiger partial charge in [0.25, 0.3) is 0 Å². The summed E-state index contributed by atoms with van der Waals surface area (Å²) in [6.07, 6.45) is 16.4. The summed E-state index contributed by atoms with van der Waals surface area (Å²) in [5.74, 6) is 1.57. The first-order valence-corrected chi connectivity index (χ1v) is 15.6. The molecule has 2 aromatic heterocycles. The van der Waals surface area contributed by atoms with Crippen LogP contribution in [0.4, 0.5) is 4.39 Å². The number of aromatic nitrogens is 3. The number of allylic oxidation sites excluding steroid dienone is 4. The average molecular weight is 550 g/mol. The van der Waals surface area contributed by atoms with Crippen LogP contribution in [0.25, 0.3) is 15.8 Å². The van der Waals surface area contributed by atoms with Crippen LogP contribution in [-0.4, -0.2) is 70.4 Å². The third-order valence-corrected chi connectivity index (χ3v) is 9.63. The van der Waals surface area contributed by atoms with Crippen LogP contribution in [0.2, 0.25) is 0 Å². The van der Waals surface area contributed by atoms with Crippen LogP contribution < -0.4 is 4.74 Å². The number of ether oxygens (including phenoxy) is 1. The van der Waals surface area contributed by atoms with Gasteiger partial charge in [0.1, 0.15) is 11.6 Å². The van der Waals surface area contributed by atoms with Crippen molar-refractivity contribution < 1.29 is 9.13 Å². The molecule has 208 valence electrons. The summed E-state index contributed by atoms with van der Waals surface area (Å²) in [6.45, 7) is 8.09. The number of nitrogens with zero attached hydrogens (tertiary/aromatic N) is 5. The molecule has 8 heteroatoms. The topological polar surface area (TPSA) is 46.4 Å². The smallest absolute Gasteiger partial charge is 0.121 e. The Morgan fingerprint density at radius 1 is 0.949 bits per heavy atom. The highest BCUT2D eigenvalue weighted by atomic mass is 32.1. The van der Waals surface area contributed by atoms with E-state index < -0.39 is 0 Å². The Balaban J connectivity index is 0.885. The zero-order valence-electron chi connectivity index (χ0n) is 22.9. The van der Waals surface area contributed by atoms with Crippen molar-refractivity contribution in [1.29, 1.82) is 0 Å². The molecule has 0 amide bonds. The van der Waals surface area contributed by atoms with Crippen LogP contribution in [-0.2, 0) is 6.54 Å². The Morgan fingerprint density at radius 3 is 2.56 bits per heavy atom. The number of thiazole rings is 1. The van der Waals surface area contributed by atoms with Gasteiger partial charge in [0.15, 0.2) is 0 Å². The minimum atomic E-state index is -0.0331. The third-order valence-electron chi connectivity index (χ3n) is 8.43. The van der Waals surface area contributed by atoms with Gasteiger partial charge in [0.2, 0.25) is 0 Å². The molecule has 0 N–H and O–H groups in total. The fourth-order valence-electron chi connectivity index (χ4n) is 6.00. The van der Waals surface area contributed by atoms with Crippen molar-refractivity contribution in [2.24, 2.45) is 0 Å². The van der Waals surface area contributed by atoms with Crippen LogP contribution in [0, 0.1) is 0 Å². The molecule has 2 fully saturated rings. The summed E-state index contributed by atoms with van der Waals surface area (Å²) in [5.41, 5.74) is 3.38. The lowest BCUT2D eigenvalue weighted by molar-refractivity contribution is 0.122. The van der Waals surface area contributed by atoms with Crippen LogP contribution in [0.1, 0.15) is 67.9 Å². The molecule has 0 atom stereocenters. The summed E-state index contributed by atoms with van der Waals surface area (Å²) in [4.78, 5) is 10.0. The number of hydrogen-bond donors (Lipinski definition) is 0. The summed E-state index contributed by atoms with van der Waals surface area (Å²) in [5, 5.41) is 5.85. The minimum Gasteiger partial charge on any atom is -0.493 e. The van der Waals surface area contributed by atoms with E-state index in [4.69, 9.17) is 9.72 Å². The lowest BCUT2D eigenvalue weighted by Gasteiger charge is -2.34. The third kappa shape index (κ3) is 6.97. The second-order valence-electron chi connectivity index (χ2n) is 11.2. The molecule has 0 spiro atoms. The molecule has 1 aromatic carbocycles. The molecule has 39 heavy (non-hydrogen) atoms. The summed E-state index contributed by atoms with van der Waals surface area (Å²) in [7, 11) is 0. The van der Waals surface area contributed by atoms with Gasteiger partial charge in [0.05, 0.1) is 34.6 Å². The molecule has 0 radical (unpaired) electrons. The molecule has 3 heterocycles. The van der Waals surface area contributed by atoms with Gasteiger partial charge >= 0.3 is 0 Å². The van der Waals surface area contributed by atoms with Crippen molar-refractivity contribution in [3.8, 4) is 5.75 Å². The van der Waals surface area contributed by atoms with E-state index in [0.717, 1.165) is 82.1 Å². The predicted octanol–water partition coefficient (Wildman–Crippen LogP) is 6.66. The minimum absolute atomic E-state index is 0.0331. The number of hydrogen-bond acceptors (Lipinski definition) is 6. The van der Waals surface area contributed by atoms with E-state index in [1.54, 1.807) is 6.08 Å². The van der Waals surface area contributed by atoms with Crippen molar-refractivity contribution in [1.82, 2.24) is 24.6 Å². The van der Waals surface area contributed by atoms with Crippen LogP contribution >= 0.6 is 11.3 Å². The summed E-state index contributed by atoms with van der Waals surface area (Å²) < 4.78 is 22.7. The van der Waals surface area contributed by atoms with Gasteiger partial charge in [-0.1, -0.05) is 25.3 Å². The molecule has 3 aliphatic rings. The molecule has 0 bridgehead atoms. The zero-order valence-corrected chi connectivity index (χ0v) is 23.7. The molecule has 1 saturated heterocycles. The van der Waals surface area contributed by atoms with E-state index in [1.165, 1.54) is 47.4 Å². The van der Waals surface area contributed by atoms with Crippen molar-refractivity contribution in [2.75, 3.05) is 45.9 Å². The van der Waals surface area contributed by atoms with Gasteiger partial charge in [-0.25, -0.2) is 9.37 Å². The predicted molar refractivity (Wildman–Crippen MR) is 157 cm³/mol. The molecule has 6 rings (SSSR count). The molecule has 3 aromatic rings. The number of benzene rings is 1. The fourth-order valence-corrected chi connectivity index (χ4v) is 7.12. The Morgan fingerprint density at radius 2 is 1.77 bits per heavy atom. The maximum absolute atomic E-state index is 13.3. The van der Waals surface area contributed by atoms with E-state index in [9.17, 15) is 4.39 Å². The Kier molecular flexibility index (Phi) is 8.71. The fraction of sp³-hybridized carbons (Fsp3) is 0.548. The van der Waals surface area contributed by atoms with Gasteiger partial charge in [-0.05, 0) is 49.5 Å². The second-order valence-corrected chi connectivity index (χ2v) is 12.3.